The third-order valence-corrected chi connectivity index (χ3v) is 3.84. The Bertz CT molecular complexity index is 523. The van der Waals surface area contributed by atoms with Crippen molar-refractivity contribution in [2.75, 3.05) is 25.0 Å². The number of H-pyrrole nitrogens is 1. The minimum atomic E-state index is 0.620. The van der Waals surface area contributed by atoms with E-state index in [2.05, 4.69) is 47.4 Å². The Labute approximate surface area is 102 Å². The Hall–Kier alpha value is -1.48. The summed E-state index contributed by atoms with van der Waals surface area (Å²) in [4.78, 5) is 5.73. The van der Waals surface area contributed by atoms with E-state index in [1.807, 2.05) is 6.20 Å². The standard InChI is InChI=1S/C14H19N3/c1-10-3-4-13-12(6-8-16-13)14(10)17(2)11-5-7-15-9-11/h3-4,6,8,11,15-16H,5,7,9H2,1-2H3/t11-/m0/s1. The molecule has 1 aromatic carbocycles. The molecule has 1 aliphatic rings. The van der Waals surface area contributed by atoms with Gasteiger partial charge in [-0.15, -0.1) is 0 Å². The molecule has 0 aliphatic carbocycles. The number of hydrogen-bond acceptors (Lipinski definition) is 2. The molecule has 90 valence electrons. The fourth-order valence-electron chi connectivity index (χ4n) is 2.85. The molecular formula is C14H19N3. The molecule has 0 bridgehead atoms. The number of aryl methyl sites for hydroxylation is 1. The van der Waals surface area contributed by atoms with Crippen LogP contribution in [0.15, 0.2) is 24.4 Å². The van der Waals surface area contributed by atoms with Gasteiger partial charge in [0.2, 0.25) is 0 Å². The van der Waals surface area contributed by atoms with E-state index in [1.165, 1.54) is 28.6 Å². The van der Waals surface area contributed by atoms with Crippen molar-refractivity contribution < 1.29 is 0 Å². The van der Waals surface area contributed by atoms with Gasteiger partial charge in [0.1, 0.15) is 0 Å². The zero-order valence-electron chi connectivity index (χ0n) is 10.5. The van der Waals surface area contributed by atoms with Crippen molar-refractivity contribution in [2.24, 2.45) is 0 Å². The van der Waals surface area contributed by atoms with Crippen molar-refractivity contribution in [1.29, 1.82) is 0 Å². The number of nitrogens with zero attached hydrogens (tertiary/aromatic N) is 1. The molecule has 0 radical (unpaired) electrons. The lowest BCUT2D eigenvalue weighted by Crippen LogP contribution is -2.33. The maximum atomic E-state index is 3.43. The molecule has 1 saturated heterocycles. The van der Waals surface area contributed by atoms with Crippen molar-refractivity contribution in [2.45, 2.75) is 19.4 Å². The second-order valence-corrected chi connectivity index (χ2v) is 4.93. The Morgan fingerprint density at radius 3 is 2.94 bits per heavy atom. The first-order valence-electron chi connectivity index (χ1n) is 6.27. The number of aromatic nitrogens is 1. The third-order valence-electron chi connectivity index (χ3n) is 3.84. The van der Waals surface area contributed by atoms with Gasteiger partial charge in [-0.1, -0.05) is 6.07 Å². The Morgan fingerprint density at radius 2 is 2.18 bits per heavy atom. The van der Waals surface area contributed by atoms with E-state index in [0.717, 1.165) is 13.1 Å². The highest BCUT2D eigenvalue weighted by Crippen LogP contribution is 2.31. The van der Waals surface area contributed by atoms with Gasteiger partial charge in [0.05, 0.1) is 0 Å². The lowest BCUT2D eigenvalue weighted by molar-refractivity contribution is 0.686. The van der Waals surface area contributed by atoms with Crippen LogP contribution >= 0.6 is 0 Å². The van der Waals surface area contributed by atoms with E-state index in [0.29, 0.717) is 6.04 Å². The summed E-state index contributed by atoms with van der Waals surface area (Å²) < 4.78 is 0. The van der Waals surface area contributed by atoms with E-state index >= 15 is 0 Å². The first kappa shape index (κ1) is 10.7. The Balaban J connectivity index is 2.08. The minimum Gasteiger partial charge on any atom is -0.370 e. The van der Waals surface area contributed by atoms with Crippen molar-refractivity contribution in [3.8, 4) is 0 Å². The van der Waals surface area contributed by atoms with Crippen molar-refractivity contribution >= 4 is 16.6 Å². The monoisotopic (exact) mass is 229 g/mol. The predicted octanol–water partition coefficient (Wildman–Crippen LogP) is 2.27. The van der Waals surface area contributed by atoms with E-state index in [-0.39, 0.29) is 0 Å². The van der Waals surface area contributed by atoms with Crippen molar-refractivity contribution in [3.63, 3.8) is 0 Å². The fraction of sp³-hybridized carbons (Fsp3) is 0.429. The molecule has 2 heterocycles. The molecule has 0 unspecified atom stereocenters. The van der Waals surface area contributed by atoms with Crippen LogP contribution in [0.5, 0.6) is 0 Å². The maximum absolute atomic E-state index is 3.43. The molecule has 1 atom stereocenters. The lowest BCUT2D eigenvalue weighted by Gasteiger charge is -2.28. The average Bonchev–Trinajstić information content (AvgIpc) is 2.98. The summed E-state index contributed by atoms with van der Waals surface area (Å²) >= 11 is 0. The molecular weight excluding hydrogens is 210 g/mol. The SMILES string of the molecule is Cc1ccc2[nH]ccc2c1N(C)[C@H]1CCNC1. The summed E-state index contributed by atoms with van der Waals surface area (Å²) in [5.41, 5.74) is 3.95. The highest BCUT2D eigenvalue weighted by atomic mass is 15.2. The number of nitrogens with one attached hydrogen (secondary N) is 2. The van der Waals surface area contributed by atoms with E-state index in [4.69, 9.17) is 0 Å². The van der Waals surface area contributed by atoms with Gasteiger partial charge < -0.3 is 15.2 Å². The van der Waals surface area contributed by atoms with Crippen LogP contribution in [0.3, 0.4) is 0 Å². The van der Waals surface area contributed by atoms with Crippen molar-refractivity contribution in [1.82, 2.24) is 10.3 Å². The highest BCUT2D eigenvalue weighted by Gasteiger charge is 2.22. The van der Waals surface area contributed by atoms with Gasteiger partial charge in [0.15, 0.2) is 0 Å². The molecule has 0 spiro atoms. The number of anilines is 1. The van der Waals surface area contributed by atoms with Crippen LogP contribution in [0, 0.1) is 6.92 Å². The summed E-state index contributed by atoms with van der Waals surface area (Å²) in [6.07, 6.45) is 3.26. The van der Waals surface area contributed by atoms with E-state index < -0.39 is 0 Å². The van der Waals surface area contributed by atoms with Gasteiger partial charge in [-0.3, -0.25) is 0 Å². The summed E-state index contributed by atoms with van der Waals surface area (Å²) in [5, 5.41) is 4.77. The molecule has 17 heavy (non-hydrogen) atoms. The first-order valence-corrected chi connectivity index (χ1v) is 6.27. The van der Waals surface area contributed by atoms with Crippen LogP contribution in [0.4, 0.5) is 5.69 Å². The highest BCUT2D eigenvalue weighted by molar-refractivity contribution is 5.94. The van der Waals surface area contributed by atoms with Crippen LogP contribution in [-0.4, -0.2) is 31.2 Å². The summed E-state index contributed by atoms with van der Waals surface area (Å²) in [5.74, 6) is 0. The molecule has 0 saturated carbocycles. The van der Waals surface area contributed by atoms with Gasteiger partial charge in [-0.2, -0.15) is 0 Å². The van der Waals surface area contributed by atoms with Gasteiger partial charge in [-0.05, 0) is 37.6 Å². The smallest absolute Gasteiger partial charge is 0.0491 e. The number of aromatic amines is 1. The summed E-state index contributed by atoms with van der Waals surface area (Å²) in [7, 11) is 2.21. The molecule has 1 fully saturated rings. The molecule has 3 heteroatoms. The number of rotatable bonds is 2. The van der Waals surface area contributed by atoms with E-state index in [9.17, 15) is 0 Å². The maximum Gasteiger partial charge on any atom is 0.0491 e. The quantitative estimate of drug-likeness (QED) is 0.827. The van der Waals surface area contributed by atoms with Crippen LogP contribution < -0.4 is 10.2 Å². The molecule has 0 amide bonds. The van der Waals surface area contributed by atoms with Crippen molar-refractivity contribution in [3.05, 3.63) is 30.0 Å². The van der Waals surface area contributed by atoms with Crippen LogP contribution in [0.2, 0.25) is 0 Å². The van der Waals surface area contributed by atoms with Gasteiger partial charge >= 0.3 is 0 Å². The Morgan fingerprint density at radius 1 is 1.29 bits per heavy atom. The van der Waals surface area contributed by atoms with Crippen LogP contribution in [0.25, 0.3) is 10.9 Å². The molecule has 3 nitrogen and oxygen atoms in total. The second-order valence-electron chi connectivity index (χ2n) is 4.93. The first-order chi connectivity index (χ1) is 8.27. The molecule has 2 aromatic rings. The largest absolute Gasteiger partial charge is 0.370 e. The predicted molar refractivity (Wildman–Crippen MR) is 72.7 cm³/mol. The van der Waals surface area contributed by atoms with Crippen LogP contribution in [-0.2, 0) is 0 Å². The Kier molecular flexibility index (Phi) is 2.56. The normalized spacial score (nSPS) is 20.0. The molecule has 1 aromatic heterocycles. The van der Waals surface area contributed by atoms with Gasteiger partial charge in [-0.25, -0.2) is 0 Å². The number of benzene rings is 1. The number of likely N-dealkylation sites (N-methyl/N-ethyl adjacent to an activating group) is 1. The van der Waals surface area contributed by atoms with Gasteiger partial charge in [0, 0.05) is 42.4 Å². The van der Waals surface area contributed by atoms with Gasteiger partial charge in [0.25, 0.3) is 0 Å². The second kappa shape index (κ2) is 4.08. The zero-order chi connectivity index (χ0) is 11.8. The topological polar surface area (TPSA) is 31.1 Å². The molecule has 1 aliphatic heterocycles. The number of hydrogen-bond donors (Lipinski definition) is 2. The molecule has 3 rings (SSSR count). The molecule has 2 N–H and O–H groups in total. The number of fused-ring (bicyclic) bond motifs is 1. The third kappa shape index (κ3) is 1.71. The summed E-state index contributed by atoms with van der Waals surface area (Å²) in [6, 6.07) is 7.16. The zero-order valence-corrected chi connectivity index (χ0v) is 10.5. The van der Waals surface area contributed by atoms with E-state index in [1.54, 1.807) is 0 Å². The lowest BCUT2D eigenvalue weighted by atomic mass is 10.1. The minimum absolute atomic E-state index is 0.620. The fourth-order valence-corrected chi connectivity index (χ4v) is 2.85. The summed E-state index contributed by atoms with van der Waals surface area (Å²) in [6.45, 7) is 4.43. The van der Waals surface area contributed by atoms with Crippen LogP contribution in [0.1, 0.15) is 12.0 Å². The average molecular weight is 229 g/mol.